The van der Waals surface area contributed by atoms with Crippen molar-refractivity contribution in [3.8, 4) is 0 Å². The van der Waals surface area contributed by atoms with E-state index in [9.17, 15) is 4.79 Å². The molecule has 0 aromatic heterocycles. The fourth-order valence-electron chi connectivity index (χ4n) is 0.572. The van der Waals surface area contributed by atoms with Gasteiger partial charge in [0.1, 0.15) is 5.57 Å². The van der Waals surface area contributed by atoms with Gasteiger partial charge in [-0.2, -0.15) is 0 Å². The van der Waals surface area contributed by atoms with Gasteiger partial charge in [0.2, 0.25) is 0 Å². The number of carbonyl (C=O) groups excluding carboxylic acids is 1. The number of aliphatic hydroxyl groups is 1. The van der Waals surface area contributed by atoms with E-state index in [2.05, 4.69) is 4.74 Å². The SMILES string of the molecule is CCOC(=O)/C(C)=C(/O)OCC. The molecule has 0 amide bonds. The van der Waals surface area contributed by atoms with Gasteiger partial charge in [0.05, 0.1) is 13.2 Å². The lowest BCUT2D eigenvalue weighted by molar-refractivity contribution is -0.139. The van der Waals surface area contributed by atoms with E-state index in [1.165, 1.54) is 6.92 Å². The Morgan fingerprint density at radius 3 is 2.17 bits per heavy atom. The van der Waals surface area contributed by atoms with Crippen LogP contribution in [0.1, 0.15) is 20.8 Å². The van der Waals surface area contributed by atoms with E-state index in [1.807, 2.05) is 0 Å². The minimum absolute atomic E-state index is 0.0960. The Morgan fingerprint density at radius 1 is 1.25 bits per heavy atom. The normalized spacial score (nSPS) is 11.9. The van der Waals surface area contributed by atoms with Crippen LogP contribution in [0.3, 0.4) is 0 Å². The van der Waals surface area contributed by atoms with Crippen LogP contribution >= 0.6 is 0 Å². The van der Waals surface area contributed by atoms with Gasteiger partial charge in [-0.15, -0.1) is 0 Å². The molecule has 0 heterocycles. The summed E-state index contributed by atoms with van der Waals surface area (Å²) in [6, 6.07) is 0. The smallest absolute Gasteiger partial charge is 0.340 e. The molecule has 0 aliphatic rings. The van der Waals surface area contributed by atoms with Gasteiger partial charge in [0.15, 0.2) is 0 Å². The van der Waals surface area contributed by atoms with Gasteiger partial charge >= 0.3 is 5.97 Å². The van der Waals surface area contributed by atoms with Crippen molar-refractivity contribution in [3.05, 3.63) is 11.5 Å². The third-order valence-electron chi connectivity index (χ3n) is 1.18. The number of hydrogen-bond acceptors (Lipinski definition) is 4. The summed E-state index contributed by atoms with van der Waals surface area (Å²) in [4.78, 5) is 10.9. The molecule has 12 heavy (non-hydrogen) atoms. The summed E-state index contributed by atoms with van der Waals surface area (Å²) >= 11 is 0. The van der Waals surface area contributed by atoms with E-state index in [0.29, 0.717) is 6.61 Å². The Labute approximate surface area is 71.8 Å². The zero-order valence-electron chi connectivity index (χ0n) is 7.59. The maximum Gasteiger partial charge on any atom is 0.340 e. The molecule has 0 radical (unpaired) electrons. The number of aliphatic hydroxyl groups excluding tert-OH is 1. The maximum atomic E-state index is 10.9. The maximum absolute atomic E-state index is 10.9. The second-order valence-corrected chi connectivity index (χ2v) is 2.08. The quantitative estimate of drug-likeness (QED) is 0.397. The lowest BCUT2D eigenvalue weighted by Gasteiger charge is -2.05. The van der Waals surface area contributed by atoms with Gasteiger partial charge in [-0.1, -0.05) is 0 Å². The van der Waals surface area contributed by atoms with Crippen molar-refractivity contribution in [1.29, 1.82) is 0 Å². The topological polar surface area (TPSA) is 55.8 Å². The summed E-state index contributed by atoms with van der Waals surface area (Å²) in [7, 11) is 0. The molecule has 0 bridgehead atoms. The summed E-state index contributed by atoms with van der Waals surface area (Å²) in [6.45, 7) is 5.47. The molecule has 0 aromatic carbocycles. The zero-order valence-corrected chi connectivity index (χ0v) is 7.59. The fourth-order valence-corrected chi connectivity index (χ4v) is 0.572. The van der Waals surface area contributed by atoms with Crippen LogP contribution in [0.15, 0.2) is 11.5 Å². The van der Waals surface area contributed by atoms with Crippen molar-refractivity contribution >= 4 is 5.97 Å². The molecule has 4 heteroatoms. The second kappa shape index (κ2) is 5.46. The molecule has 0 saturated heterocycles. The van der Waals surface area contributed by atoms with E-state index >= 15 is 0 Å². The number of hydrogen-bond donors (Lipinski definition) is 1. The number of esters is 1. The summed E-state index contributed by atoms with van der Waals surface area (Å²) in [5.41, 5.74) is 0.0960. The molecule has 0 rings (SSSR count). The second-order valence-electron chi connectivity index (χ2n) is 2.08. The van der Waals surface area contributed by atoms with Crippen LogP contribution in [0, 0.1) is 0 Å². The third kappa shape index (κ3) is 3.27. The molecule has 0 atom stereocenters. The number of rotatable bonds is 4. The first-order chi connectivity index (χ1) is 5.63. The van der Waals surface area contributed by atoms with Crippen molar-refractivity contribution in [2.45, 2.75) is 20.8 Å². The summed E-state index contributed by atoms with van der Waals surface area (Å²) < 4.78 is 9.34. The zero-order chi connectivity index (χ0) is 9.56. The van der Waals surface area contributed by atoms with Crippen molar-refractivity contribution in [2.24, 2.45) is 0 Å². The van der Waals surface area contributed by atoms with Crippen LogP contribution in [0.5, 0.6) is 0 Å². The first kappa shape index (κ1) is 10.8. The van der Waals surface area contributed by atoms with E-state index in [4.69, 9.17) is 9.84 Å². The molecule has 70 valence electrons. The van der Waals surface area contributed by atoms with Gasteiger partial charge in [-0.25, -0.2) is 4.79 Å². The Bertz CT molecular complexity index is 183. The highest BCUT2D eigenvalue weighted by molar-refractivity contribution is 5.87. The van der Waals surface area contributed by atoms with Crippen LogP contribution in [0.25, 0.3) is 0 Å². The van der Waals surface area contributed by atoms with E-state index in [0.717, 1.165) is 0 Å². The Kier molecular flexibility index (Phi) is 4.92. The Morgan fingerprint density at radius 2 is 1.75 bits per heavy atom. The van der Waals surface area contributed by atoms with Crippen molar-refractivity contribution in [1.82, 2.24) is 0 Å². The Hall–Kier alpha value is -1.19. The monoisotopic (exact) mass is 174 g/mol. The first-order valence-corrected chi connectivity index (χ1v) is 3.83. The van der Waals surface area contributed by atoms with Crippen molar-refractivity contribution in [3.63, 3.8) is 0 Å². The van der Waals surface area contributed by atoms with Gasteiger partial charge < -0.3 is 14.6 Å². The molecule has 0 fully saturated rings. The highest BCUT2D eigenvalue weighted by Gasteiger charge is 2.11. The average molecular weight is 174 g/mol. The van der Waals surface area contributed by atoms with E-state index in [-0.39, 0.29) is 18.1 Å². The molecule has 4 nitrogen and oxygen atoms in total. The Balaban J connectivity index is 4.22. The molecule has 0 saturated carbocycles. The lowest BCUT2D eigenvalue weighted by atomic mass is 10.3. The first-order valence-electron chi connectivity index (χ1n) is 3.83. The molecule has 0 aliphatic carbocycles. The van der Waals surface area contributed by atoms with Gasteiger partial charge in [-0.3, -0.25) is 0 Å². The highest BCUT2D eigenvalue weighted by atomic mass is 16.6. The minimum Gasteiger partial charge on any atom is -0.481 e. The van der Waals surface area contributed by atoms with E-state index in [1.54, 1.807) is 13.8 Å². The van der Waals surface area contributed by atoms with Gasteiger partial charge in [0, 0.05) is 0 Å². The molecule has 1 N–H and O–H groups in total. The van der Waals surface area contributed by atoms with Crippen LogP contribution in [-0.4, -0.2) is 24.3 Å². The summed E-state index contributed by atoms with van der Waals surface area (Å²) in [6.07, 6.45) is 0. The summed E-state index contributed by atoms with van der Waals surface area (Å²) in [5, 5.41) is 9.07. The van der Waals surface area contributed by atoms with Crippen LogP contribution in [0.2, 0.25) is 0 Å². The minimum atomic E-state index is -0.552. The van der Waals surface area contributed by atoms with E-state index < -0.39 is 5.97 Å². The molecule has 0 unspecified atom stereocenters. The van der Waals surface area contributed by atoms with Crippen molar-refractivity contribution in [2.75, 3.05) is 13.2 Å². The summed E-state index contributed by atoms with van der Waals surface area (Å²) in [5.74, 6) is -0.917. The average Bonchev–Trinajstić information content (AvgIpc) is 2.04. The lowest BCUT2D eigenvalue weighted by Crippen LogP contribution is -2.09. The molecular weight excluding hydrogens is 160 g/mol. The van der Waals surface area contributed by atoms with Crippen LogP contribution < -0.4 is 0 Å². The largest absolute Gasteiger partial charge is 0.481 e. The highest BCUT2D eigenvalue weighted by Crippen LogP contribution is 2.04. The molecule has 0 aliphatic heterocycles. The van der Waals surface area contributed by atoms with Gasteiger partial charge in [0.25, 0.3) is 5.95 Å². The third-order valence-corrected chi connectivity index (χ3v) is 1.18. The molecule has 0 aromatic rings. The van der Waals surface area contributed by atoms with Crippen LogP contribution in [-0.2, 0) is 14.3 Å². The van der Waals surface area contributed by atoms with Crippen LogP contribution in [0.4, 0.5) is 0 Å². The molecular formula is C8H14O4. The predicted molar refractivity (Wildman–Crippen MR) is 43.6 cm³/mol. The van der Waals surface area contributed by atoms with Crippen molar-refractivity contribution < 1.29 is 19.4 Å². The fraction of sp³-hybridized carbons (Fsp3) is 0.625. The number of ether oxygens (including phenoxy) is 2. The molecule has 0 spiro atoms. The standard InChI is InChI=1S/C8H14O4/c1-4-11-7(9)6(3)8(10)12-5-2/h9H,4-5H2,1-3H3/b7-6-. The van der Waals surface area contributed by atoms with Gasteiger partial charge in [-0.05, 0) is 20.8 Å². The number of carbonyl (C=O) groups is 1. The predicted octanol–water partition coefficient (Wildman–Crippen LogP) is 1.38.